The normalized spacial score (nSPS) is 14.1. The van der Waals surface area contributed by atoms with Gasteiger partial charge in [0.15, 0.2) is 0 Å². The average molecular weight is 401 g/mol. The Balaban J connectivity index is 2.32. The molecular weight excluding hydrogens is 381 g/mol. The number of nitrogens with two attached hydrogens (primary N) is 1. The zero-order chi connectivity index (χ0) is 20.7. The van der Waals surface area contributed by atoms with Crippen molar-refractivity contribution in [1.29, 1.82) is 0 Å². The summed E-state index contributed by atoms with van der Waals surface area (Å²) in [6, 6.07) is 10.2. The van der Waals surface area contributed by atoms with Crippen LogP contribution in [0.15, 0.2) is 42.5 Å². The van der Waals surface area contributed by atoms with Crippen LogP contribution >= 0.6 is 0 Å². The average Bonchev–Trinajstić information content (AvgIpc) is 2.97. The van der Waals surface area contributed by atoms with Crippen molar-refractivity contribution in [2.75, 3.05) is 5.73 Å². The van der Waals surface area contributed by atoms with E-state index in [1.165, 1.54) is 50.2 Å². The van der Waals surface area contributed by atoms with Crippen LogP contribution in [-0.2, 0) is 15.6 Å². The van der Waals surface area contributed by atoms with Crippen molar-refractivity contribution in [2.45, 2.75) is 31.1 Å². The predicted octanol–water partition coefficient (Wildman–Crippen LogP) is 2.60. The molecular formula is C20H20FN3O3S. The number of hydrogen-bond donors (Lipinski definition) is 2. The van der Waals surface area contributed by atoms with E-state index in [1.807, 2.05) is 0 Å². The van der Waals surface area contributed by atoms with Crippen LogP contribution < -0.4 is 5.73 Å². The van der Waals surface area contributed by atoms with E-state index >= 15 is 0 Å². The number of aliphatic hydroxyl groups is 1. The summed E-state index contributed by atoms with van der Waals surface area (Å²) >= 11 is 0. The van der Waals surface area contributed by atoms with E-state index in [1.54, 1.807) is 6.07 Å². The van der Waals surface area contributed by atoms with Gasteiger partial charge in [0.05, 0.1) is 16.3 Å². The molecule has 3 N–H and O–H groups in total. The number of rotatable bonds is 5. The smallest absolute Gasteiger partial charge is 0.244 e. The summed E-state index contributed by atoms with van der Waals surface area (Å²) in [4.78, 5) is 4.09. The highest BCUT2D eigenvalue weighted by atomic mass is 32.2. The highest BCUT2D eigenvalue weighted by molar-refractivity contribution is 7.90. The van der Waals surface area contributed by atoms with Crippen LogP contribution in [0.1, 0.15) is 31.4 Å². The first kappa shape index (κ1) is 19.9. The van der Waals surface area contributed by atoms with E-state index in [9.17, 15) is 17.9 Å². The summed E-state index contributed by atoms with van der Waals surface area (Å²) < 4.78 is 40.8. The SMILES string of the molecule is C#CCC(O)(c1ccc2nc(N)n(S(=O)(=O)C(C)C)c2c1)c1ccccc1F. The second-order valence-corrected chi connectivity index (χ2v) is 9.09. The topological polar surface area (TPSA) is 98.2 Å². The number of anilines is 1. The fraction of sp³-hybridized carbons (Fsp3) is 0.250. The second kappa shape index (κ2) is 6.93. The molecule has 1 heterocycles. The highest BCUT2D eigenvalue weighted by Gasteiger charge is 2.34. The summed E-state index contributed by atoms with van der Waals surface area (Å²) in [7, 11) is -3.81. The van der Waals surface area contributed by atoms with Gasteiger partial charge in [-0.3, -0.25) is 0 Å². The lowest BCUT2D eigenvalue weighted by Gasteiger charge is -2.28. The Kier molecular flexibility index (Phi) is 4.91. The molecule has 0 fully saturated rings. The van der Waals surface area contributed by atoms with E-state index in [4.69, 9.17) is 12.2 Å². The molecule has 2 aromatic carbocycles. The van der Waals surface area contributed by atoms with E-state index in [0.29, 0.717) is 5.52 Å². The Morgan fingerprint density at radius 2 is 2.00 bits per heavy atom. The molecule has 3 rings (SSSR count). The first-order chi connectivity index (χ1) is 13.1. The van der Waals surface area contributed by atoms with Crippen molar-refractivity contribution in [2.24, 2.45) is 0 Å². The fourth-order valence-corrected chi connectivity index (χ4v) is 4.25. The van der Waals surface area contributed by atoms with Crippen LogP contribution in [0.25, 0.3) is 11.0 Å². The molecule has 0 aliphatic rings. The summed E-state index contributed by atoms with van der Waals surface area (Å²) in [5.74, 6) is 1.56. The molecule has 0 aliphatic carbocycles. The van der Waals surface area contributed by atoms with Gasteiger partial charge in [0.2, 0.25) is 16.0 Å². The summed E-state index contributed by atoms with van der Waals surface area (Å²) in [6.45, 7) is 3.05. The van der Waals surface area contributed by atoms with Gasteiger partial charge in [-0.05, 0) is 37.6 Å². The first-order valence-electron chi connectivity index (χ1n) is 8.56. The van der Waals surface area contributed by atoms with Gasteiger partial charge in [0.1, 0.15) is 11.4 Å². The second-order valence-electron chi connectivity index (χ2n) is 6.75. The van der Waals surface area contributed by atoms with E-state index in [-0.39, 0.29) is 29.0 Å². The maximum absolute atomic E-state index is 14.4. The zero-order valence-corrected chi connectivity index (χ0v) is 16.2. The van der Waals surface area contributed by atoms with Crippen molar-refractivity contribution in [3.05, 3.63) is 59.4 Å². The summed E-state index contributed by atoms with van der Waals surface area (Å²) in [6.07, 6.45) is 5.22. The molecule has 0 saturated heterocycles. The standard InChI is InChI=1S/C20H20FN3O3S/c1-4-11-20(25,15-7-5-6-8-16(15)21)14-9-10-17-18(12-14)24(19(22)23-17)28(26,27)13(2)3/h1,5-10,12-13,25H,11H2,2-3H3,(H2,22,23). The first-order valence-corrected chi connectivity index (χ1v) is 10.1. The van der Waals surface area contributed by atoms with E-state index in [0.717, 1.165) is 3.97 Å². The largest absolute Gasteiger partial charge is 0.379 e. The molecule has 0 radical (unpaired) electrons. The van der Waals surface area contributed by atoms with Crippen molar-refractivity contribution in [3.8, 4) is 12.3 Å². The molecule has 0 amide bonds. The Bertz CT molecular complexity index is 1200. The number of benzene rings is 2. The maximum atomic E-state index is 14.4. The van der Waals surface area contributed by atoms with E-state index < -0.39 is 26.7 Å². The minimum atomic E-state index is -3.81. The number of hydrogen-bond acceptors (Lipinski definition) is 5. The Hall–Kier alpha value is -2.89. The zero-order valence-electron chi connectivity index (χ0n) is 15.4. The quantitative estimate of drug-likeness (QED) is 0.641. The van der Waals surface area contributed by atoms with Gasteiger partial charge < -0.3 is 10.8 Å². The predicted molar refractivity (Wildman–Crippen MR) is 106 cm³/mol. The fourth-order valence-electron chi connectivity index (χ4n) is 3.11. The molecule has 1 atom stereocenters. The molecule has 0 bridgehead atoms. The highest BCUT2D eigenvalue weighted by Crippen LogP contribution is 2.36. The minimum absolute atomic E-state index is 0.00180. The summed E-state index contributed by atoms with van der Waals surface area (Å²) in [5.41, 5.74) is 4.76. The Labute approximate surface area is 162 Å². The number of imidazole rings is 1. The monoisotopic (exact) mass is 401 g/mol. The van der Waals surface area contributed by atoms with Gasteiger partial charge in [-0.1, -0.05) is 24.3 Å². The van der Waals surface area contributed by atoms with Crippen LogP contribution in [0.4, 0.5) is 10.3 Å². The van der Waals surface area contributed by atoms with Crippen LogP contribution in [0, 0.1) is 18.2 Å². The Morgan fingerprint density at radius 3 is 2.61 bits per heavy atom. The lowest BCUT2D eigenvalue weighted by molar-refractivity contribution is 0.0826. The molecule has 28 heavy (non-hydrogen) atoms. The Morgan fingerprint density at radius 1 is 1.32 bits per heavy atom. The van der Waals surface area contributed by atoms with E-state index in [2.05, 4.69) is 10.9 Å². The summed E-state index contributed by atoms with van der Waals surface area (Å²) in [5, 5.41) is 10.6. The molecule has 0 saturated carbocycles. The molecule has 146 valence electrons. The maximum Gasteiger partial charge on any atom is 0.244 e. The lowest BCUT2D eigenvalue weighted by Crippen LogP contribution is -2.28. The molecule has 0 spiro atoms. The number of nitrogen functional groups attached to an aromatic ring is 1. The number of nitrogens with zero attached hydrogens (tertiary/aromatic N) is 2. The van der Waals surface area contributed by atoms with Crippen LogP contribution in [-0.4, -0.2) is 27.7 Å². The third-order valence-electron chi connectivity index (χ3n) is 4.64. The number of terminal acetylenes is 1. The van der Waals surface area contributed by atoms with Crippen molar-refractivity contribution >= 4 is 27.0 Å². The van der Waals surface area contributed by atoms with Crippen molar-refractivity contribution < 1.29 is 17.9 Å². The van der Waals surface area contributed by atoms with Gasteiger partial charge in [-0.2, -0.15) is 0 Å². The van der Waals surface area contributed by atoms with Gasteiger partial charge in [-0.15, -0.1) is 12.3 Å². The lowest BCUT2D eigenvalue weighted by atomic mass is 9.83. The van der Waals surface area contributed by atoms with Crippen LogP contribution in [0.2, 0.25) is 0 Å². The molecule has 1 aromatic heterocycles. The molecule has 8 heteroatoms. The molecule has 6 nitrogen and oxygen atoms in total. The van der Waals surface area contributed by atoms with Gasteiger partial charge in [-0.25, -0.2) is 21.8 Å². The third kappa shape index (κ3) is 3.03. The van der Waals surface area contributed by atoms with Crippen molar-refractivity contribution in [3.63, 3.8) is 0 Å². The van der Waals surface area contributed by atoms with Gasteiger partial charge >= 0.3 is 0 Å². The number of aromatic nitrogens is 2. The van der Waals surface area contributed by atoms with Crippen LogP contribution in [0.5, 0.6) is 0 Å². The minimum Gasteiger partial charge on any atom is -0.379 e. The molecule has 1 unspecified atom stereocenters. The number of fused-ring (bicyclic) bond motifs is 1. The van der Waals surface area contributed by atoms with Gasteiger partial charge in [0.25, 0.3) is 0 Å². The van der Waals surface area contributed by atoms with Crippen molar-refractivity contribution in [1.82, 2.24) is 8.96 Å². The van der Waals surface area contributed by atoms with Crippen LogP contribution in [0.3, 0.4) is 0 Å². The number of halogens is 1. The molecule has 3 aromatic rings. The van der Waals surface area contributed by atoms with Gasteiger partial charge in [0, 0.05) is 12.0 Å². The third-order valence-corrected chi connectivity index (χ3v) is 6.73. The molecule has 0 aliphatic heterocycles.